The molecule has 1 aliphatic rings. The summed E-state index contributed by atoms with van der Waals surface area (Å²) in [6.07, 6.45) is 6.52. The van der Waals surface area contributed by atoms with Gasteiger partial charge in [-0.15, -0.1) is 0 Å². The maximum absolute atomic E-state index is 12.8. The van der Waals surface area contributed by atoms with Crippen LogP contribution in [0.15, 0.2) is 59.8 Å². The lowest BCUT2D eigenvalue weighted by Gasteiger charge is -2.23. The minimum absolute atomic E-state index is 0.148. The number of nitrogens with zero attached hydrogens (tertiary/aromatic N) is 4. The van der Waals surface area contributed by atoms with Crippen molar-refractivity contribution in [1.29, 1.82) is 0 Å². The Morgan fingerprint density at radius 3 is 2.77 bits per heavy atom. The van der Waals surface area contributed by atoms with Crippen molar-refractivity contribution in [3.05, 3.63) is 76.9 Å². The van der Waals surface area contributed by atoms with Gasteiger partial charge in [-0.2, -0.15) is 0 Å². The van der Waals surface area contributed by atoms with Gasteiger partial charge in [-0.05, 0) is 37.1 Å². The number of hydrogen-bond acceptors (Lipinski definition) is 5. The van der Waals surface area contributed by atoms with Gasteiger partial charge >= 0.3 is 0 Å². The molecule has 0 saturated carbocycles. The fourth-order valence-corrected chi connectivity index (χ4v) is 3.24. The van der Waals surface area contributed by atoms with Crippen molar-refractivity contribution >= 4 is 5.91 Å². The van der Waals surface area contributed by atoms with Crippen molar-refractivity contribution in [2.75, 3.05) is 6.54 Å². The standard InChI is InChI=1S/C19H17N5O2/c25-17-12-15(13-6-9-20-10-7-13)22-18(23-17)16-5-3-11-24(16)19(26)14-4-1-2-8-21-14/h1-2,4,6-10,12,16H,3,5,11H2,(H,22,23,25). The third-order valence-corrected chi connectivity index (χ3v) is 4.45. The second-order valence-electron chi connectivity index (χ2n) is 6.12. The number of H-pyrrole nitrogens is 1. The zero-order chi connectivity index (χ0) is 17.9. The Morgan fingerprint density at radius 1 is 1.15 bits per heavy atom. The van der Waals surface area contributed by atoms with Crippen molar-refractivity contribution in [2.45, 2.75) is 18.9 Å². The Bertz CT molecular complexity index is 972. The Hall–Kier alpha value is -3.35. The molecule has 0 radical (unpaired) electrons. The van der Waals surface area contributed by atoms with Crippen LogP contribution in [0.25, 0.3) is 11.3 Å². The first-order valence-electron chi connectivity index (χ1n) is 8.46. The van der Waals surface area contributed by atoms with Gasteiger partial charge in [0.15, 0.2) is 0 Å². The summed E-state index contributed by atoms with van der Waals surface area (Å²) < 4.78 is 0. The number of carbonyl (C=O) groups excluding carboxylic acids is 1. The van der Waals surface area contributed by atoms with E-state index in [-0.39, 0.29) is 17.5 Å². The first kappa shape index (κ1) is 16.1. The highest BCUT2D eigenvalue weighted by atomic mass is 16.2. The Balaban J connectivity index is 1.69. The molecular formula is C19H17N5O2. The van der Waals surface area contributed by atoms with Crippen LogP contribution in [-0.2, 0) is 0 Å². The van der Waals surface area contributed by atoms with Gasteiger partial charge in [-0.25, -0.2) is 4.98 Å². The summed E-state index contributed by atoms with van der Waals surface area (Å²) in [5.74, 6) is 0.358. The fourth-order valence-electron chi connectivity index (χ4n) is 3.24. The van der Waals surface area contributed by atoms with Crippen molar-refractivity contribution < 1.29 is 4.79 Å². The number of hydrogen-bond donors (Lipinski definition) is 1. The summed E-state index contributed by atoms with van der Waals surface area (Å²) in [6, 6.07) is 10.1. The minimum Gasteiger partial charge on any atom is -0.327 e. The molecule has 7 nitrogen and oxygen atoms in total. The predicted molar refractivity (Wildman–Crippen MR) is 95.3 cm³/mol. The van der Waals surface area contributed by atoms with Crippen LogP contribution in [0.4, 0.5) is 0 Å². The molecule has 1 amide bonds. The number of aromatic nitrogens is 4. The van der Waals surface area contributed by atoms with Crippen LogP contribution in [0.3, 0.4) is 0 Å². The maximum atomic E-state index is 12.8. The Morgan fingerprint density at radius 2 is 2.00 bits per heavy atom. The molecule has 7 heteroatoms. The number of likely N-dealkylation sites (tertiary alicyclic amines) is 1. The highest BCUT2D eigenvalue weighted by Crippen LogP contribution is 2.31. The van der Waals surface area contributed by atoms with E-state index in [0.717, 1.165) is 18.4 Å². The molecule has 1 fully saturated rings. The molecule has 1 N–H and O–H groups in total. The molecule has 1 atom stereocenters. The second kappa shape index (κ2) is 6.87. The smallest absolute Gasteiger partial charge is 0.273 e. The van der Waals surface area contributed by atoms with E-state index in [9.17, 15) is 9.59 Å². The van der Waals surface area contributed by atoms with E-state index < -0.39 is 0 Å². The van der Waals surface area contributed by atoms with Crippen LogP contribution < -0.4 is 5.56 Å². The van der Waals surface area contributed by atoms with Gasteiger partial charge in [0.1, 0.15) is 11.5 Å². The van der Waals surface area contributed by atoms with Crippen molar-refractivity contribution in [3.63, 3.8) is 0 Å². The third kappa shape index (κ3) is 3.11. The molecule has 3 aromatic rings. The Labute approximate surface area is 149 Å². The van der Waals surface area contributed by atoms with Gasteiger partial charge in [0.25, 0.3) is 11.5 Å². The largest absolute Gasteiger partial charge is 0.327 e. The number of pyridine rings is 2. The molecule has 0 spiro atoms. The van der Waals surface area contributed by atoms with Crippen molar-refractivity contribution in [2.24, 2.45) is 0 Å². The summed E-state index contributed by atoms with van der Waals surface area (Å²) in [5, 5.41) is 0. The van der Waals surface area contributed by atoms with E-state index >= 15 is 0 Å². The van der Waals surface area contributed by atoms with Crippen molar-refractivity contribution in [3.8, 4) is 11.3 Å². The van der Waals surface area contributed by atoms with Gasteiger partial charge in [0, 0.05) is 36.8 Å². The average molecular weight is 347 g/mol. The monoisotopic (exact) mass is 347 g/mol. The fraction of sp³-hybridized carbons (Fsp3) is 0.211. The highest BCUT2D eigenvalue weighted by molar-refractivity contribution is 5.92. The number of rotatable bonds is 3. The molecule has 0 aliphatic carbocycles. The molecule has 1 unspecified atom stereocenters. The van der Waals surface area contributed by atoms with Crippen LogP contribution in [0, 0.1) is 0 Å². The molecule has 3 aromatic heterocycles. The molecule has 0 bridgehead atoms. The number of aromatic amines is 1. The van der Waals surface area contributed by atoms with Crippen LogP contribution >= 0.6 is 0 Å². The van der Waals surface area contributed by atoms with Gasteiger partial charge in [-0.3, -0.25) is 19.6 Å². The van der Waals surface area contributed by atoms with Crippen LogP contribution in [-0.4, -0.2) is 37.3 Å². The topological polar surface area (TPSA) is 91.8 Å². The summed E-state index contributed by atoms with van der Waals surface area (Å²) in [5.41, 5.74) is 1.54. The van der Waals surface area contributed by atoms with E-state index in [1.54, 1.807) is 53.8 Å². The lowest BCUT2D eigenvalue weighted by atomic mass is 10.1. The first-order valence-corrected chi connectivity index (χ1v) is 8.46. The summed E-state index contributed by atoms with van der Waals surface area (Å²) >= 11 is 0. The van der Waals surface area contributed by atoms with Gasteiger partial charge in [0.2, 0.25) is 0 Å². The van der Waals surface area contributed by atoms with E-state index in [1.165, 1.54) is 6.07 Å². The van der Waals surface area contributed by atoms with Crippen molar-refractivity contribution in [1.82, 2.24) is 24.8 Å². The molecule has 1 aliphatic heterocycles. The lowest BCUT2D eigenvalue weighted by molar-refractivity contribution is 0.0723. The summed E-state index contributed by atoms with van der Waals surface area (Å²) in [6.45, 7) is 0.614. The lowest BCUT2D eigenvalue weighted by Crippen LogP contribution is -2.33. The highest BCUT2D eigenvalue weighted by Gasteiger charge is 2.33. The van der Waals surface area contributed by atoms with E-state index in [2.05, 4.69) is 19.9 Å². The SMILES string of the molecule is O=C(c1ccccn1)N1CCCC1c1nc(-c2ccncc2)cc(=O)[nH]1. The van der Waals surface area contributed by atoms with Crippen LogP contribution in [0.2, 0.25) is 0 Å². The van der Waals surface area contributed by atoms with Gasteiger partial charge in [0.05, 0.1) is 11.7 Å². The van der Waals surface area contributed by atoms with E-state index in [1.807, 2.05) is 0 Å². The number of carbonyl (C=O) groups is 1. The molecule has 0 aromatic carbocycles. The summed E-state index contributed by atoms with van der Waals surface area (Å²) in [4.78, 5) is 42.2. The van der Waals surface area contributed by atoms with E-state index in [0.29, 0.717) is 23.8 Å². The number of amides is 1. The van der Waals surface area contributed by atoms with Gasteiger partial charge < -0.3 is 9.88 Å². The molecule has 130 valence electrons. The molecular weight excluding hydrogens is 330 g/mol. The second-order valence-corrected chi connectivity index (χ2v) is 6.12. The molecule has 4 heterocycles. The van der Waals surface area contributed by atoms with Crippen LogP contribution in [0.1, 0.15) is 35.2 Å². The molecule has 1 saturated heterocycles. The summed E-state index contributed by atoms with van der Waals surface area (Å²) in [7, 11) is 0. The third-order valence-electron chi connectivity index (χ3n) is 4.45. The molecule has 4 rings (SSSR count). The quantitative estimate of drug-likeness (QED) is 0.784. The predicted octanol–water partition coefficient (Wildman–Crippen LogP) is 2.20. The average Bonchev–Trinajstić information content (AvgIpc) is 3.18. The minimum atomic E-state index is -0.265. The van der Waals surface area contributed by atoms with Crippen LogP contribution in [0.5, 0.6) is 0 Å². The molecule has 26 heavy (non-hydrogen) atoms. The first-order chi connectivity index (χ1) is 12.7. The van der Waals surface area contributed by atoms with Gasteiger partial charge in [-0.1, -0.05) is 6.07 Å². The maximum Gasteiger partial charge on any atom is 0.273 e. The zero-order valence-corrected chi connectivity index (χ0v) is 14.0. The zero-order valence-electron chi connectivity index (χ0n) is 14.0. The Kier molecular flexibility index (Phi) is 4.27. The number of nitrogens with one attached hydrogen (secondary N) is 1. The normalized spacial score (nSPS) is 16.6. The van der Waals surface area contributed by atoms with E-state index in [4.69, 9.17) is 0 Å².